The van der Waals surface area contributed by atoms with Gasteiger partial charge >= 0.3 is 286 Å². The first-order chi connectivity index (χ1) is 23.0. The number of rotatable bonds is 10. The van der Waals surface area contributed by atoms with Crippen LogP contribution in [0.4, 0.5) is 4.20 Å². The van der Waals surface area contributed by atoms with Crippen LogP contribution in [0.25, 0.3) is 0 Å². The van der Waals surface area contributed by atoms with Crippen molar-refractivity contribution < 1.29 is 14.0 Å². The Balaban J connectivity index is 1.55. The molecule has 244 valence electrons. The predicted molar refractivity (Wildman–Crippen MR) is 200 cm³/mol. The summed E-state index contributed by atoms with van der Waals surface area (Å²) in [6.45, 7) is 8.27. The second kappa shape index (κ2) is 13.6. The van der Waals surface area contributed by atoms with Gasteiger partial charge in [0.25, 0.3) is 0 Å². The molecule has 0 fully saturated rings. The van der Waals surface area contributed by atoms with Crippen molar-refractivity contribution in [2.24, 2.45) is 0 Å². The van der Waals surface area contributed by atoms with E-state index in [4.69, 9.17) is 0 Å². The average molecular weight is 655 g/mol. The van der Waals surface area contributed by atoms with Gasteiger partial charge in [0.2, 0.25) is 0 Å². The van der Waals surface area contributed by atoms with Crippen molar-refractivity contribution in [3.05, 3.63) is 202 Å². The molecule has 2 N–H and O–H groups in total. The molecule has 2 nitrogen and oxygen atoms in total. The molecule has 0 aliphatic heterocycles. The van der Waals surface area contributed by atoms with Gasteiger partial charge in [-0.3, -0.25) is 0 Å². The fraction of sp³-hybridized carbons (Fsp3) is 0.182. The van der Waals surface area contributed by atoms with Gasteiger partial charge in [0.15, 0.2) is 0 Å². The van der Waals surface area contributed by atoms with Crippen LogP contribution in [0.2, 0.25) is 0 Å². The third kappa shape index (κ3) is 6.64. The summed E-state index contributed by atoms with van der Waals surface area (Å²) in [5.74, 6) is -0.545. The topological polar surface area (TPSA) is 40.5 Å². The summed E-state index contributed by atoms with van der Waals surface area (Å²) in [5.41, 5.74) is 7.34. The van der Waals surface area contributed by atoms with E-state index >= 15 is 4.20 Å². The molecule has 4 unspecified atom stereocenters. The zero-order chi connectivity index (χ0) is 33.9. The van der Waals surface area contributed by atoms with Crippen LogP contribution in [0, 0.1) is 0 Å². The van der Waals surface area contributed by atoms with E-state index in [1.165, 1.54) is 0 Å². The maximum atomic E-state index is 18.1. The van der Waals surface area contributed by atoms with Crippen LogP contribution in [-0.4, -0.2) is 9.79 Å². The zero-order valence-corrected chi connectivity index (χ0v) is 28.9. The van der Waals surface area contributed by atoms with Gasteiger partial charge < -0.3 is 0 Å². The van der Waals surface area contributed by atoms with Crippen LogP contribution in [-0.2, 0) is 0 Å². The molecule has 0 aliphatic carbocycles. The Morgan fingerprint density at radius 2 is 0.646 bits per heavy atom. The Kier molecular flexibility index (Phi) is 9.50. The van der Waals surface area contributed by atoms with E-state index in [9.17, 15) is 9.79 Å². The van der Waals surface area contributed by atoms with Crippen LogP contribution in [0.1, 0.15) is 95.9 Å². The summed E-state index contributed by atoms with van der Waals surface area (Å²) in [5, 5.41) is -0.0986. The second-order valence-corrected chi connectivity index (χ2v) is 15.9. The molecule has 4 atom stereocenters. The predicted octanol–water partition coefficient (Wildman–Crippen LogP) is 10.5. The van der Waals surface area contributed by atoms with Gasteiger partial charge in [-0.15, -0.1) is 0 Å². The van der Waals surface area contributed by atoms with Crippen molar-refractivity contribution in [3.8, 4) is 0 Å². The van der Waals surface area contributed by atoms with E-state index in [-0.39, 0.29) is 34.3 Å². The van der Waals surface area contributed by atoms with Gasteiger partial charge in [-0.25, -0.2) is 0 Å². The van der Waals surface area contributed by atoms with Crippen LogP contribution in [0.5, 0.6) is 0 Å². The first-order valence-corrected chi connectivity index (χ1v) is 18.8. The summed E-state index contributed by atoms with van der Waals surface area (Å²) in [4.78, 5) is 24.8. The zero-order valence-electron chi connectivity index (χ0n) is 28.0. The minimum atomic E-state index is -6.23. The fourth-order valence-electron chi connectivity index (χ4n) is 6.94. The fourth-order valence-corrected chi connectivity index (χ4v) is 9.31. The summed E-state index contributed by atoms with van der Waals surface area (Å²) >= 11 is 0. The minimum absolute atomic E-state index is 0.0254. The molecule has 0 aliphatic rings. The van der Waals surface area contributed by atoms with Crippen LogP contribution < -0.4 is 10.6 Å². The van der Waals surface area contributed by atoms with Gasteiger partial charge in [0, 0.05) is 0 Å². The maximum absolute atomic E-state index is 18.1. The van der Waals surface area contributed by atoms with Crippen LogP contribution in [0.15, 0.2) is 158 Å². The number of benzene rings is 6. The van der Waals surface area contributed by atoms with Crippen molar-refractivity contribution in [1.82, 2.24) is 0 Å². The average Bonchev–Trinajstić information content (AvgIpc) is 3.14. The molecular weight excluding hydrogens is 610 g/mol. The van der Waals surface area contributed by atoms with Gasteiger partial charge in [0.05, 0.1) is 0 Å². The number of hydrogen-bond acceptors (Lipinski definition) is 2. The molecular formula is C44H44FO2P. The molecule has 0 saturated carbocycles. The molecule has 0 saturated heterocycles. The van der Waals surface area contributed by atoms with Crippen LogP contribution in [0.3, 0.4) is 0 Å². The Morgan fingerprint density at radius 1 is 0.375 bits per heavy atom. The molecule has 0 bridgehead atoms. The van der Waals surface area contributed by atoms with Crippen molar-refractivity contribution >= 4 is 18.0 Å². The van der Waals surface area contributed by atoms with E-state index in [1.54, 1.807) is 12.1 Å². The first kappa shape index (κ1) is 33.5. The molecule has 0 amide bonds. The van der Waals surface area contributed by atoms with Crippen LogP contribution >= 0.6 is 7.37 Å². The van der Waals surface area contributed by atoms with Crippen molar-refractivity contribution in [2.45, 2.75) is 51.4 Å². The number of halogens is 1. The molecule has 6 rings (SSSR count). The van der Waals surface area contributed by atoms with Crippen molar-refractivity contribution in [2.75, 3.05) is 0 Å². The van der Waals surface area contributed by atoms with Gasteiger partial charge in [-0.05, 0) is 0 Å². The van der Waals surface area contributed by atoms with E-state index in [1.807, 2.05) is 135 Å². The third-order valence-corrected chi connectivity index (χ3v) is 12.6. The van der Waals surface area contributed by atoms with Crippen molar-refractivity contribution in [3.63, 3.8) is 0 Å². The molecule has 6 aromatic rings. The summed E-state index contributed by atoms with van der Waals surface area (Å²) in [7, 11) is -6.23. The Hall–Kier alpha value is -4.40. The monoisotopic (exact) mass is 654 g/mol. The number of hydrogen-bond donors (Lipinski definition) is 2. The molecule has 0 aromatic heterocycles. The van der Waals surface area contributed by atoms with Crippen molar-refractivity contribution in [1.29, 1.82) is 0 Å². The molecule has 0 radical (unpaired) electrons. The molecule has 6 aromatic carbocycles. The summed E-state index contributed by atoms with van der Waals surface area (Å²) in [6, 6.07) is 51.1. The van der Waals surface area contributed by atoms with E-state index in [2.05, 4.69) is 38.1 Å². The van der Waals surface area contributed by atoms with E-state index < -0.39 is 7.37 Å². The normalized spacial score (nSPS) is 15.1. The Bertz CT molecular complexity index is 1830. The van der Waals surface area contributed by atoms with Gasteiger partial charge in [-0.2, -0.15) is 0 Å². The molecule has 0 heterocycles. The second-order valence-electron chi connectivity index (χ2n) is 13.1. The summed E-state index contributed by atoms with van der Waals surface area (Å²) in [6.07, 6.45) is 0. The van der Waals surface area contributed by atoms with Gasteiger partial charge in [-0.1, -0.05) is 0 Å². The third-order valence-electron chi connectivity index (χ3n) is 10.1. The SMILES string of the molecule is CC(c1ccccc1)c1ccc(P(O)(O)(F)c2ccc(C(C)c3ccccc3)cc2C(C)c2ccccc2)c(C(C)c2ccccc2)c1. The standard InChI is InChI=1S/C44H44FO2P/c1-31(35-17-9-5-10-18-35)39-25-27-43(41(29-39)33(3)37-21-13-7-14-22-37)48(45,46,47)44-28-26-40(32(2)36-19-11-6-12-20-36)30-42(44)34(4)38-23-15-8-16-24-38/h5-34,46-47H,1-4H3. The van der Waals surface area contributed by atoms with E-state index in [0.29, 0.717) is 11.1 Å². The quantitative estimate of drug-likeness (QED) is 0.144. The summed E-state index contributed by atoms with van der Waals surface area (Å²) < 4.78 is 18.1. The van der Waals surface area contributed by atoms with E-state index in [0.717, 1.165) is 33.4 Å². The molecule has 48 heavy (non-hydrogen) atoms. The van der Waals surface area contributed by atoms with Gasteiger partial charge in [0.1, 0.15) is 0 Å². The molecule has 4 heteroatoms. The Labute approximate surface area is 284 Å². The molecule has 0 spiro atoms. The Morgan fingerprint density at radius 3 is 0.938 bits per heavy atom. The first-order valence-electron chi connectivity index (χ1n) is 16.8.